The van der Waals surface area contributed by atoms with Gasteiger partial charge in [-0.1, -0.05) is 36.4 Å². The molecule has 1 aromatic rings. The fraction of sp³-hybridized carbons (Fsp3) is 0.400. The summed E-state index contributed by atoms with van der Waals surface area (Å²) >= 11 is 0. The van der Waals surface area contributed by atoms with Gasteiger partial charge in [0, 0.05) is 13.3 Å². The number of aliphatic hydroxyl groups excluding tert-OH is 1. The van der Waals surface area contributed by atoms with Gasteiger partial charge in [-0.15, -0.1) is 0 Å². The summed E-state index contributed by atoms with van der Waals surface area (Å²) in [5, 5.41) is 9.43. The Labute approximate surface area is 108 Å². The van der Waals surface area contributed by atoms with Crippen LogP contribution in [0.1, 0.15) is 32.8 Å². The predicted octanol–water partition coefficient (Wildman–Crippen LogP) is 2.79. The standard InChI is InChI=1S/C15H20O3/c1-11(9-14-7-5-4-6-8-14)15(10-12(2)16)18-13(3)17/h4-9,12,15-16H,10H2,1-3H3/b11-9+/t12-,15+/m0/s1. The molecule has 0 aromatic heterocycles. The van der Waals surface area contributed by atoms with Gasteiger partial charge in [0.2, 0.25) is 0 Å². The van der Waals surface area contributed by atoms with Crippen molar-refractivity contribution in [2.45, 2.75) is 39.4 Å². The second kappa shape index (κ2) is 6.97. The Hall–Kier alpha value is -1.61. The van der Waals surface area contributed by atoms with Crippen LogP contribution in [-0.4, -0.2) is 23.3 Å². The topological polar surface area (TPSA) is 46.5 Å². The van der Waals surface area contributed by atoms with Crippen LogP contribution in [0.2, 0.25) is 0 Å². The Balaban J connectivity index is 2.84. The normalized spacial score (nSPS) is 15.0. The van der Waals surface area contributed by atoms with E-state index in [2.05, 4.69) is 0 Å². The lowest BCUT2D eigenvalue weighted by Gasteiger charge is -2.19. The zero-order valence-electron chi connectivity index (χ0n) is 11.1. The highest BCUT2D eigenvalue weighted by atomic mass is 16.5. The molecule has 0 spiro atoms. The molecule has 0 heterocycles. The minimum atomic E-state index is -0.506. The molecule has 1 N–H and O–H groups in total. The van der Waals surface area contributed by atoms with E-state index in [0.29, 0.717) is 6.42 Å². The van der Waals surface area contributed by atoms with Crippen LogP contribution in [0.25, 0.3) is 6.08 Å². The lowest BCUT2D eigenvalue weighted by atomic mass is 10.0. The molecule has 0 radical (unpaired) electrons. The molecule has 3 nitrogen and oxygen atoms in total. The molecule has 1 aromatic carbocycles. The summed E-state index contributed by atoms with van der Waals surface area (Å²) in [5.41, 5.74) is 1.98. The molecule has 0 aliphatic heterocycles. The van der Waals surface area contributed by atoms with Gasteiger partial charge in [0.05, 0.1) is 6.10 Å². The number of hydrogen-bond donors (Lipinski definition) is 1. The van der Waals surface area contributed by atoms with Crippen LogP contribution in [0.5, 0.6) is 0 Å². The molecule has 2 atom stereocenters. The minimum absolute atomic E-state index is 0.332. The maximum Gasteiger partial charge on any atom is 0.303 e. The molecule has 0 unspecified atom stereocenters. The summed E-state index contributed by atoms with van der Waals surface area (Å²) in [6, 6.07) is 9.82. The number of aliphatic hydroxyl groups is 1. The first-order chi connectivity index (χ1) is 8.49. The molecule has 1 rings (SSSR count). The molecule has 0 amide bonds. The van der Waals surface area contributed by atoms with Crippen molar-refractivity contribution < 1.29 is 14.6 Å². The van der Waals surface area contributed by atoms with Gasteiger partial charge in [0.1, 0.15) is 6.10 Å². The Morgan fingerprint density at radius 3 is 2.44 bits per heavy atom. The number of carbonyl (C=O) groups excluding carboxylic acids is 1. The average molecular weight is 248 g/mol. The summed E-state index contributed by atoms with van der Waals surface area (Å²) in [4.78, 5) is 11.1. The third-order valence-electron chi connectivity index (χ3n) is 2.57. The van der Waals surface area contributed by atoms with Crippen LogP contribution in [0.15, 0.2) is 35.9 Å². The first-order valence-electron chi connectivity index (χ1n) is 6.07. The maximum atomic E-state index is 11.1. The third-order valence-corrected chi connectivity index (χ3v) is 2.57. The van der Waals surface area contributed by atoms with Crippen LogP contribution in [-0.2, 0) is 9.53 Å². The molecule has 0 saturated carbocycles. The highest BCUT2D eigenvalue weighted by Gasteiger charge is 2.16. The van der Waals surface area contributed by atoms with E-state index >= 15 is 0 Å². The summed E-state index contributed by atoms with van der Waals surface area (Å²) in [7, 11) is 0. The molecule has 0 aliphatic carbocycles. The smallest absolute Gasteiger partial charge is 0.303 e. The number of rotatable bonds is 5. The molecule has 0 bridgehead atoms. The zero-order chi connectivity index (χ0) is 13.5. The minimum Gasteiger partial charge on any atom is -0.458 e. The van der Waals surface area contributed by atoms with Crippen molar-refractivity contribution in [3.63, 3.8) is 0 Å². The van der Waals surface area contributed by atoms with Gasteiger partial charge in [0.25, 0.3) is 0 Å². The number of benzene rings is 1. The Kier molecular flexibility index (Phi) is 5.59. The van der Waals surface area contributed by atoms with Crippen LogP contribution in [0.4, 0.5) is 0 Å². The monoisotopic (exact) mass is 248 g/mol. The van der Waals surface area contributed by atoms with Crippen molar-refractivity contribution in [1.82, 2.24) is 0 Å². The van der Waals surface area contributed by atoms with E-state index in [9.17, 15) is 9.90 Å². The first kappa shape index (κ1) is 14.5. The van der Waals surface area contributed by atoms with Crippen molar-refractivity contribution in [2.75, 3.05) is 0 Å². The van der Waals surface area contributed by atoms with E-state index in [1.165, 1.54) is 6.92 Å². The van der Waals surface area contributed by atoms with Crippen molar-refractivity contribution in [3.05, 3.63) is 41.5 Å². The van der Waals surface area contributed by atoms with E-state index in [1.54, 1.807) is 6.92 Å². The highest BCUT2D eigenvalue weighted by molar-refractivity contribution is 5.67. The van der Waals surface area contributed by atoms with Gasteiger partial charge >= 0.3 is 5.97 Å². The van der Waals surface area contributed by atoms with Crippen molar-refractivity contribution in [3.8, 4) is 0 Å². The van der Waals surface area contributed by atoms with E-state index in [1.807, 2.05) is 43.3 Å². The molecule has 3 heteroatoms. The summed E-state index contributed by atoms with van der Waals surface area (Å²) in [6.45, 7) is 4.97. The lowest BCUT2D eigenvalue weighted by Crippen LogP contribution is -2.22. The van der Waals surface area contributed by atoms with Gasteiger partial charge in [0.15, 0.2) is 0 Å². The van der Waals surface area contributed by atoms with E-state index in [-0.39, 0.29) is 12.1 Å². The third kappa shape index (κ3) is 5.15. The second-order valence-corrected chi connectivity index (χ2v) is 4.48. The van der Waals surface area contributed by atoms with Crippen LogP contribution >= 0.6 is 0 Å². The van der Waals surface area contributed by atoms with Crippen LogP contribution in [0, 0.1) is 0 Å². The second-order valence-electron chi connectivity index (χ2n) is 4.48. The number of esters is 1. The van der Waals surface area contributed by atoms with E-state index in [4.69, 9.17) is 4.74 Å². The number of carbonyl (C=O) groups is 1. The van der Waals surface area contributed by atoms with E-state index in [0.717, 1.165) is 11.1 Å². The molecule has 0 aliphatic rings. The summed E-state index contributed by atoms with van der Waals surface area (Å²) in [6.07, 6.45) is 1.50. The van der Waals surface area contributed by atoms with Crippen molar-refractivity contribution in [2.24, 2.45) is 0 Å². The van der Waals surface area contributed by atoms with E-state index < -0.39 is 6.10 Å². The van der Waals surface area contributed by atoms with Crippen LogP contribution < -0.4 is 0 Å². The number of ether oxygens (including phenoxy) is 1. The Morgan fingerprint density at radius 1 is 1.33 bits per heavy atom. The van der Waals surface area contributed by atoms with Crippen LogP contribution in [0.3, 0.4) is 0 Å². The molecule has 0 fully saturated rings. The fourth-order valence-electron chi connectivity index (χ4n) is 1.74. The van der Waals surface area contributed by atoms with Gasteiger partial charge in [-0.05, 0) is 25.0 Å². The van der Waals surface area contributed by atoms with Gasteiger partial charge in [-0.2, -0.15) is 0 Å². The van der Waals surface area contributed by atoms with Gasteiger partial charge < -0.3 is 9.84 Å². The highest BCUT2D eigenvalue weighted by Crippen LogP contribution is 2.17. The Bertz CT molecular complexity index is 407. The molecule has 18 heavy (non-hydrogen) atoms. The quantitative estimate of drug-likeness (QED) is 0.815. The maximum absolute atomic E-state index is 11.1. The fourth-order valence-corrected chi connectivity index (χ4v) is 1.74. The Morgan fingerprint density at radius 2 is 1.94 bits per heavy atom. The summed E-state index contributed by atoms with van der Waals surface area (Å²) in [5.74, 6) is -0.332. The first-order valence-corrected chi connectivity index (χ1v) is 6.07. The van der Waals surface area contributed by atoms with Gasteiger partial charge in [-0.3, -0.25) is 4.79 Å². The average Bonchev–Trinajstić information content (AvgIpc) is 2.28. The van der Waals surface area contributed by atoms with Gasteiger partial charge in [-0.25, -0.2) is 0 Å². The predicted molar refractivity (Wildman–Crippen MR) is 71.9 cm³/mol. The summed E-state index contributed by atoms with van der Waals surface area (Å²) < 4.78 is 5.23. The zero-order valence-corrected chi connectivity index (χ0v) is 11.1. The largest absolute Gasteiger partial charge is 0.458 e. The lowest BCUT2D eigenvalue weighted by molar-refractivity contribution is -0.145. The molecule has 0 saturated heterocycles. The van der Waals surface area contributed by atoms with Crippen molar-refractivity contribution >= 4 is 12.0 Å². The number of hydrogen-bond acceptors (Lipinski definition) is 3. The SMILES string of the molecule is CC(=O)O[C@H](C[C@H](C)O)/C(C)=C/c1ccccc1. The molecular formula is C15H20O3. The van der Waals surface area contributed by atoms with Crippen molar-refractivity contribution in [1.29, 1.82) is 0 Å². The molecule has 98 valence electrons. The molecular weight excluding hydrogens is 228 g/mol.